The molecule has 0 aromatic heterocycles. The molecule has 1 N–H and O–H groups in total. The van der Waals surface area contributed by atoms with Crippen molar-refractivity contribution >= 4 is 17.5 Å². The summed E-state index contributed by atoms with van der Waals surface area (Å²) < 4.78 is 0. The average Bonchev–Trinajstić information content (AvgIpc) is 3.09. The van der Waals surface area contributed by atoms with Crippen molar-refractivity contribution in [2.75, 3.05) is 11.4 Å². The number of benzene rings is 1. The molecule has 94 valence electrons. The van der Waals surface area contributed by atoms with Gasteiger partial charge in [-0.05, 0) is 31.4 Å². The van der Waals surface area contributed by atoms with E-state index in [4.69, 9.17) is 0 Å². The number of nitrogens with zero attached hydrogens (tertiary/aromatic N) is 1. The van der Waals surface area contributed by atoms with Crippen LogP contribution in [0.3, 0.4) is 0 Å². The zero-order valence-electron chi connectivity index (χ0n) is 10.2. The number of hydrogen-bond donors (Lipinski definition) is 1. The summed E-state index contributed by atoms with van der Waals surface area (Å²) in [7, 11) is 0. The zero-order chi connectivity index (χ0) is 12.5. The maximum absolute atomic E-state index is 12.1. The Morgan fingerprint density at radius 3 is 2.72 bits per heavy atom. The van der Waals surface area contributed by atoms with Gasteiger partial charge in [0.25, 0.3) is 5.91 Å². The van der Waals surface area contributed by atoms with Gasteiger partial charge in [0.2, 0.25) is 5.91 Å². The summed E-state index contributed by atoms with van der Waals surface area (Å²) in [6.45, 7) is 0.715. The Hall–Kier alpha value is -1.84. The van der Waals surface area contributed by atoms with Gasteiger partial charge >= 0.3 is 0 Å². The van der Waals surface area contributed by atoms with Crippen LogP contribution < -0.4 is 10.2 Å². The van der Waals surface area contributed by atoms with E-state index >= 15 is 0 Å². The Morgan fingerprint density at radius 1 is 1.28 bits per heavy atom. The van der Waals surface area contributed by atoms with Crippen molar-refractivity contribution in [3.63, 3.8) is 0 Å². The molecule has 0 unspecified atom stereocenters. The van der Waals surface area contributed by atoms with E-state index in [0.717, 1.165) is 24.9 Å². The maximum atomic E-state index is 12.1. The normalized spacial score (nSPS) is 19.1. The first kappa shape index (κ1) is 11.3. The SMILES string of the molecule is O=C(NC1CC1)c1ccccc1N1CCCC1=O. The fourth-order valence-corrected chi connectivity index (χ4v) is 2.29. The van der Waals surface area contributed by atoms with E-state index in [1.54, 1.807) is 11.0 Å². The Bertz CT molecular complexity index is 494. The van der Waals surface area contributed by atoms with E-state index in [-0.39, 0.29) is 11.8 Å². The molecule has 0 radical (unpaired) electrons. The highest BCUT2D eigenvalue weighted by Crippen LogP contribution is 2.26. The van der Waals surface area contributed by atoms with Crippen molar-refractivity contribution in [3.8, 4) is 0 Å². The lowest BCUT2D eigenvalue weighted by Crippen LogP contribution is -2.30. The lowest BCUT2D eigenvalue weighted by atomic mass is 10.1. The lowest BCUT2D eigenvalue weighted by molar-refractivity contribution is -0.117. The van der Waals surface area contributed by atoms with Crippen LogP contribution in [0.1, 0.15) is 36.0 Å². The van der Waals surface area contributed by atoms with Crippen molar-refractivity contribution in [3.05, 3.63) is 29.8 Å². The quantitative estimate of drug-likeness (QED) is 0.880. The number of rotatable bonds is 3. The van der Waals surface area contributed by atoms with Crippen LogP contribution in [0, 0.1) is 0 Å². The van der Waals surface area contributed by atoms with E-state index in [9.17, 15) is 9.59 Å². The second-order valence-electron chi connectivity index (χ2n) is 4.91. The molecule has 1 aliphatic heterocycles. The third-order valence-corrected chi connectivity index (χ3v) is 3.43. The van der Waals surface area contributed by atoms with Crippen molar-refractivity contribution in [1.29, 1.82) is 0 Å². The summed E-state index contributed by atoms with van der Waals surface area (Å²) in [5.41, 5.74) is 1.36. The summed E-state index contributed by atoms with van der Waals surface area (Å²) in [6, 6.07) is 7.68. The van der Waals surface area contributed by atoms with Gasteiger partial charge in [0.1, 0.15) is 0 Å². The number of hydrogen-bond acceptors (Lipinski definition) is 2. The van der Waals surface area contributed by atoms with Gasteiger partial charge in [0.15, 0.2) is 0 Å². The minimum absolute atomic E-state index is 0.0622. The number of nitrogens with one attached hydrogen (secondary N) is 1. The molecule has 2 fully saturated rings. The largest absolute Gasteiger partial charge is 0.349 e. The Kier molecular flexibility index (Phi) is 2.78. The predicted molar refractivity (Wildman–Crippen MR) is 68.5 cm³/mol. The van der Waals surface area contributed by atoms with Crippen molar-refractivity contribution in [2.24, 2.45) is 0 Å². The molecule has 0 spiro atoms. The molecule has 18 heavy (non-hydrogen) atoms. The van der Waals surface area contributed by atoms with Gasteiger partial charge < -0.3 is 10.2 Å². The van der Waals surface area contributed by atoms with E-state index < -0.39 is 0 Å². The minimum Gasteiger partial charge on any atom is -0.349 e. The van der Waals surface area contributed by atoms with Crippen molar-refractivity contribution in [2.45, 2.75) is 31.7 Å². The minimum atomic E-state index is -0.0622. The van der Waals surface area contributed by atoms with Crippen molar-refractivity contribution in [1.82, 2.24) is 5.32 Å². The molecule has 0 bridgehead atoms. The lowest BCUT2D eigenvalue weighted by Gasteiger charge is -2.19. The molecule has 1 saturated carbocycles. The third kappa shape index (κ3) is 2.10. The maximum Gasteiger partial charge on any atom is 0.253 e. The fourth-order valence-electron chi connectivity index (χ4n) is 2.29. The third-order valence-electron chi connectivity index (χ3n) is 3.43. The van der Waals surface area contributed by atoms with Crippen molar-refractivity contribution < 1.29 is 9.59 Å². The Morgan fingerprint density at radius 2 is 2.06 bits per heavy atom. The molecule has 4 heteroatoms. The Labute approximate surface area is 106 Å². The van der Waals surface area contributed by atoms with Gasteiger partial charge in [-0.1, -0.05) is 12.1 Å². The van der Waals surface area contributed by atoms with Crippen LogP contribution in [0.4, 0.5) is 5.69 Å². The highest BCUT2D eigenvalue weighted by atomic mass is 16.2. The zero-order valence-corrected chi connectivity index (χ0v) is 10.2. The number of anilines is 1. The molecular formula is C14H16N2O2. The van der Waals surface area contributed by atoms with Gasteiger partial charge in [0.05, 0.1) is 11.3 Å². The molecule has 4 nitrogen and oxygen atoms in total. The molecule has 1 aromatic carbocycles. The van der Waals surface area contributed by atoms with Gasteiger partial charge in [-0.2, -0.15) is 0 Å². The van der Waals surface area contributed by atoms with E-state index in [0.29, 0.717) is 24.6 Å². The van der Waals surface area contributed by atoms with Gasteiger partial charge in [0, 0.05) is 19.0 Å². The van der Waals surface area contributed by atoms with E-state index in [2.05, 4.69) is 5.32 Å². The highest BCUT2D eigenvalue weighted by Gasteiger charge is 2.28. The number of carbonyl (C=O) groups is 2. The van der Waals surface area contributed by atoms with Crippen LogP contribution in [0.25, 0.3) is 0 Å². The molecular weight excluding hydrogens is 228 g/mol. The summed E-state index contributed by atoms with van der Waals surface area (Å²) in [5, 5.41) is 2.97. The monoisotopic (exact) mass is 244 g/mol. The fraction of sp³-hybridized carbons (Fsp3) is 0.429. The van der Waals surface area contributed by atoms with Gasteiger partial charge in [-0.15, -0.1) is 0 Å². The first-order chi connectivity index (χ1) is 8.75. The smallest absolute Gasteiger partial charge is 0.253 e. The van der Waals surface area contributed by atoms with Crippen LogP contribution in [-0.4, -0.2) is 24.4 Å². The van der Waals surface area contributed by atoms with Crippen LogP contribution in [0.15, 0.2) is 24.3 Å². The van der Waals surface area contributed by atoms with Crippen LogP contribution in [-0.2, 0) is 4.79 Å². The first-order valence-corrected chi connectivity index (χ1v) is 6.46. The highest BCUT2D eigenvalue weighted by molar-refractivity contribution is 6.05. The van der Waals surface area contributed by atoms with Gasteiger partial charge in [-0.3, -0.25) is 9.59 Å². The summed E-state index contributed by atoms with van der Waals surface area (Å²) >= 11 is 0. The molecule has 1 aromatic rings. The van der Waals surface area contributed by atoms with Crippen LogP contribution in [0.2, 0.25) is 0 Å². The molecule has 1 aliphatic carbocycles. The number of para-hydroxylation sites is 1. The predicted octanol–water partition coefficient (Wildman–Crippen LogP) is 1.71. The molecule has 2 amide bonds. The first-order valence-electron chi connectivity index (χ1n) is 6.46. The number of amides is 2. The second kappa shape index (κ2) is 4.44. The summed E-state index contributed by atoms with van der Waals surface area (Å²) in [5.74, 6) is 0.0504. The molecule has 3 rings (SSSR count). The summed E-state index contributed by atoms with van der Waals surface area (Å²) in [4.78, 5) is 25.6. The van der Waals surface area contributed by atoms with Gasteiger partial charge in [-0.25, -0.2) is 0 Å². The average molecular weight is 244 g/mol. The standard InChI is InChI=1S/C14H16N2O2/c17-13-6-3-9-16(13)12-5-2-1-4-11(12)14(18)15-10-7-8-10/h1-2,4-5,10H,3,6-9H2,(H,15,18). The number of carbonyl (C=O) groups excluding carboxylic acids is 2. The van der Waals surface area contributed by atoms with E-state index in [1.807, 2.05) is 18.2 Å². The molecule has 2 aliphatic rings. The molecule has 0 atom stereocenters. The molecule has 1 saturated heterocycles. The second-order valence-corrected chi connectivity index (χ2v) is 4.91. The molecule has 1 heterocycles. The summed E-state index contributed by atoms with van der Waals surface area (Å²) in [6.07, 6.45) is 3.59. The van der Waals surface area contributed by atoms with Crippen LogP contribution in [0.5, 0.6) is 0 Å². The topological polar surface area (TPSA) is 49.4 Å². The Balaban J connectivity index is 1.88. The van der Waals surface area contributed by atoms with E-state index in [1.165, 1.54) is 0 Å². The van der Waals surface area contributed by atoms with Crippen LogP contribution >= 0.6 is 0 Å².